The van der Waals surface area contributed by atoms with Crippen LogP contribution in [0.4, 0.5) is 0 Å². The molecule has 0 bridgehead atoms. The number of ketones is 1. The van der Waals surface area contributed by atoms with Gasteiger partial charge in [-0.3, -0.25) is 9.20 Å². The lowest BCUT2D eigenvalue weighted by molar-refractivity contribution is -0.136. The van der Waals surface area contributed by atoms with Crippen molar-refractivity contribution in [2.75, 3.05) is 6.61 Å². The first-order chi connectivity index (χ1) is 12.9. The predicted molar refractivity (Wildman–Crippen MR) is 105 cm³/mol. The van der Waals surface area contributed by atoms with E-state index in [0.29, 0.717) is 16.9 Å². The van der Waals surface area contributed by atoms with Crippen molar-refractivity contribution in [1.29, 1.82) is 0 Å². The van der Waals surface area contributed by atoms with Crippen molar-refractivity contribution < 1.29 is 14.3 Å². The normalized spacial score (nSPS) is 11.3. The summed E-state index contributed by atoms with van der Waals surface area (Å²) in [6.45, 7) is 5.42. The van der Waals surface area contributed by atoms with Crippen LogP contribution in [0.15, 0.2) is 42.6 Å². The molecule has 0 N–H and O–H groups in total. The first-order valence-electron chi connectivity index (χ1n) is 8.45. The van der Waals surface area contributed by atoms with E-state index in [0.717, 1.165) is 16.7 Å². The lowest BCUT2D eigenvalue weighted by Gasteiger charge is -2.10. The number of esters is 1. The molecule has 3 aromatic rings. The Morgan fingerprint density at radius 3 is 2.59 bits per heavy atom. The van der Waals surface area contributed by atoms with Crippen molar-refractivity contribution in [1.82, 2.24) is 9.38 Å². The number of aromatic nitrogens is 2. The van der Waals surface area contributed by atoms with E-state index < -0.39 is 5.97 Å². The fourth-order valence-corrected chi connectivity index (χ4v) is 3.40. The minimum absolute atomic E-state index is 0.223. The van der Waals surface area contributed by atoms with Gasteiger partial charge in [0.1, 0.15) is 5.65 Å². The van der Waals surface area contributed by atoms with Gasteiger partial charge in [0.2, 0.25) is 5.78 Å². The van der Waals surface area contributed by atoms with E-state index in [1.54, 1.807) is 10.6 Å². The van der Waals surface area contributed by atoms with Gasteiger partial charge in [-0.1, -0.05) is 35.4 Å². The lowest BCUT2D eigenvalue weighted by atomic mass is 9.97. The summed E-state index contributed by atoms with van der Waals surface area (Å²) < 4.78 is 6.86. The molecule has 2 heterocycles. The molecule has 6 heteroatoms. The number of pyridine rings is 1. The molecular weight excluding hydrogens is 364 g/mol. The van der Waals surface area contributed by atoms with E-state index in [4.69, 9.17) is 16.3 Å². The van der Waals surface area contributed by atoms with Gasteiger partial charge in [-0.05, 0) is 50.1 Å². The smallest absolute Gasteiger partial charge is 0.331 e. The van der Waals surface area contributed by atoms with Crippen molar-refractivity contribution in [3.8, 4) is 0 Å². The Balaban J connectivity index is 1.69. The average molecular weight is 383 g/mol. The van der Waals surface area contributed by atoms with Gasteiger partial charge in [-0.2, -0.15) is 0 Å². The van der Waals surface area contributed by atoms with Gasteiger partial charge < -0.3 is 4.74 Å². The highest BCUT2D eigenvalue weighted by atomic mass is 35.5. The summed E-state index contributed by atoms with van der Waals surface area (Å²) in [6.07, 6.45) is 4.56. The second-order valence-corrected chi connectivity index (χ2v) is 6.71. The van der Waals surface area contributed by atoms with Crippen LogP contribution in [-0.2, 0) is 9.53 Å². The van der Waals surface area contributed by atoms with Crippen molar-refractivity contribution in [2.24, 2.45) is 0 Å². The van der Waals surface area contributed by atoms with Gasteiger partial charge in [0, 0.05) is 17.8 Å². The number of halogens is 1. The van der Waals surface area contributed by atoms with Gasteiger partial charge in [-0.15, -0.1) is 0 Å². The summed E-state index contributed by atoms with van der Waals surface area (Å²) in [6, 6.07) is 9.38. The zero-order chi connectivity index (χ0) is 19.6. The molecule has 0 aliphatic heterocycles. The third-order valence-corrected chi connectivity index (χ3v) is 4.48. The topological polar surface area (TPSA) is 60.7 Å². The summed E-state index contributed by atoms with van der Waals surface area (Å²) in [5.41, 5.74) is 4.69. The lowest BCUT2D eigenvalue weighted by Crippen LogP contribution is -2.15. The van der Waals surface area contributed by atoms with Crippen molar-refractivity contribution >= 4 is 35.1 Å². The average Bonchev–Trinajstić information content (AvgIpc) is 2.92. The van der Waals surface area contributed by atoms with E-state index in [1.807, 2.05) is 51.1 Å². The highest BCUT2D eigenvalue weighted by Crippen LogP contribution is 2.19. The molecule has 0 spiro atoms. The fourth-order valence-electron chi connectivity index (χ4n) is 3.16. The van der Waals surface area contributed by atoms with Gasteiger partial charge in [-0.25, -0.2) is 9.78 Å². The molecule has 0 atom stereocenters. The van der Waals surface area contributed by atoms with Crippen LogP contribution in [0.25, 0.3) is 11.7 Å². The van der Waals surface area contributed by atoms with Gasteiger partial charge in [0.05, 0.1) is 5.69 Å². The van der Waals surface area contributed by atoms with Crippen LogP contribution in [0, 0.1) is 20.8 Å². The maximum atomic E-state index is 12.4. The quantitative estimate of drug-likeness (QED) is 0.374. The molecule has 138 valence electrons. The van der Waals surface area contributed by atoms with Crippen LogP contribution >= 0.6 is 11.6 Å². The number of rotatable bonds is 5. The first kappa shape index (κ1) is 18.9. The van der Waals surface area contributed by atoms with E-state index in [2.05, 4.69) is 4.98 Å². The largest absolute Gasteiger partial charge is 0.454 e. The molecule has 0 saturated heterocycles. The Hall–Kier alpha value is -2.92. The molecule has 3 rings (SSSR count). The maximum absolute atomic E-state index is 12.4. The number of fused-ring (bicyclic) bond motifs is 1. The number of ether oxygens (including phenoxy) is 1. The number of Topliss-reactive ketones (excluding diaryl/α,β-unsaturated/α-hetero) is 1. The SMILES string of the molecule is Cc1cc(C)c(C(=O)COC(=O)/C=C/c2c(Cl)nc3ccccn23)c(C)c1. The summed E-state index contributed by atoms with van der Waals surface area (Å²) >= 11 is 6.12. The number of hydrogen-bond acceptors (Lipinski definition) is 4. The molecule has 0 radical (unpaired) electrons. The van der Waals surface area contributed by atoms with E-state index >= 15 is 0 Å². The predicted octanol–water partition coefficient (Wildman–Crippen LogP) is 4.35. The number of nitrogens with zero attached hydrogens (tertiary/aromatic N) is 2. The van der Waals surface area contributed by atoms with E-state index in [-0.39, 0.29) is 17.5 Å². The number of hydrogen-bond donors (Lipinski definition) is 0. The number of benzene rings is 1. The zero-order valence-electron chi connectivity index (χ0n) is 15.3. The third-order valence-electron chi connectivity index (χ3n) is 4.20. The van der Waals surface area contributed by atoms with Crippen molar-refractivity contribution in [3.05, 3.63) is 75.7 Å². The van der Waals surface area contributed by atoms with Crippen LogP contribution in [0.2, 0.25) is 5.15 Å². The van der Waals surface area contributed by atoms with Crippen LogP contribution in [0.5, 0.6) is 0 Å². The Morgan fingerprint density at radius 2 is 1.89 bits per heavy atom. The number of carbonyl (C=O) groups is 2. The zero-order valence-corrected chi connectivity index (χ0v) is 16.1. The first-order valence-corrected chi connectivity index (χ1v) is 8.83. The highest BCUT2D eigenvalue weighted by Gasteiger charge is 2.15. The standard InChI is InChI=1S/C21H19ClN2O3/c1-13-10-14(2)20(15(3)11-13)17(25)12-27-19(26)8-7-16-21(22)23-18-6-4-5-9-24(16)18/h4-11H,12H2,1-3H3/b8-7+. The van der Waals surface area contributed by atoms with Gasteiger partial charge in [0.15, 0.2) is 11.8 Å². The maximum Gasteiger partial charge on any atom is 0.331 e. The summed E-state index contributed by atoms with van der Waals surface area (Å²) in [4.78, 5) is 28.6. The summed E-state index contributed by atoms with van der Waals surface area (Å²) in [5.74, 6) is -0.840. The Bertz CT molecular complexity index is 1040. The molecule has 27 heavy (non-hydrogen) atoms. The minimum atomic E-state index is -0.618. The molecule has 0 aliphatic carbocycles. The second-order valence-electron chi connectivity index (χ2n) is 6.35. The molecule has 0 unspecified atom stereocenters. The van der Waals surface area contributed by atoms with Crippen LogP contribution < -0.4 is 0 Å². The Kier molecular flexibility index (Phi) is 5.42. The molecule has 5 nitrogen and oxygen atoms in total. The molecule has 0 amide bonds. The number of carbonyl (C=O) groups excluding carboxylic acids is 2. The second kappa shape index (κ2) is 7.76. The molecular formula is C21H19ClN2O3. The van der Waals surface area contributed by atoms with Gasteiger partial charge in [0.25, 0.3) is 0 Å². The van der Waals surface area contributed by atoms with E-state index in [1.165, 1.54) is 12.2 Å². The van der Waals surface area contributed by atoms with Crippen LogP contribution in [0.3, 0.4) is 0 Å². The number of imidazole rings is 1. The Morgan fingerprint density at radius 1 is 1.19 bits per heavy atom. The number of aryl methyl sites for hydroxylation is 3. The minimum Gasteiger partial charge on any atom is -0.454 e. The van der Waals surface area contributed by atoms with Crippen LogP contribution in [-0.4, -0.2) is 27.7 Å². The molecule has 1 aromatic carbocycles. The van der Waals surface area contributed by atoms with E-state index in [9.17, 15) is 9.59 Å². The monoisotopic (exact) mass is 382 g/mol. The summed E-state index contributed by atoms with van der Waals surface area (Å²) in [7, 11) is 0. The van der Waals surface area contributed by atoms with Gasteiger partial charge >= 0.3 is 5.97 Å². The molecule has 0 saturated carbocycles. The summed E-state index contributed by atoms with van der Waals surface area (Å²) in [5, 5.41) is 0.284. The molecule has 0 fully saturated rings. The molecule has 0 aliphatic rings. The highest BCUT2D eigenvalue weighted by molar-refractivity contribution is 6.31. The van der Waals surface area contributed by atoms with Crippen LogP contribution in [0.1, 0.15) is 32.7 Å². The van der Waals surface area contributed by atoms with Crippen molar-refractivity contribution in [2.45, 2.75) is 20.8 Å². The third kappa shape index (κ3) is 4.09. The van der Waals surface area contributed by atoms with Crippen molar-refractivity contribution in [3.63, 3.8) is 0 Å². The Labute approximate surface area is 162 Å². The fraction of sp³-hybridized carbons (Fsp3) is 0.190. The molecule has 2 aromatic heterocycles.